The number of nitrogens with one attached hydrogen (secondary N) is 1. The van der Waals surface area contributed by atoms with Crippen molar-refractivity contribution in [2.45, 2.75) is 17.4 Å². The summed E-state index contributed by atoms with van der Waals surface area (Å²) in [6, 6.07) is 10.4. The molecule has 0 radical (unpaired) electrons. The second-order valence-corrected chi connectivity index (χ2v) is 6.30. The third-order valence-electron chi connectivity index (χ3n) is 2.25. The lowest BCUT2D eigenvalue weighted by Gasteiger charge is -2.22. The Balaban J connectivity index is 2.09. The third kappa shape index (κ3) is 6.99. The molecule has 0 aliphatic carbocycles. The number of hydrogen-bond donors (Lipinski definition) is 2. The van der Waals surface area contributed by atoms with Crippen LogP contribution in [0.25, 0.3) is 0 Å². The van der Waals surface area contributed by atoms with Crippen LogP contribution in [0, 0.1) is 0 Å². The molecule has 96 valence electrons. The van der Waals surface area contributed by atoms with E-state index in [1.165, 1.54) is 4.90 Å². The predicted molar refractivity (Wildman–Crippen MR) is 79.0 cm³/mol. The molecule has 0 aliphatic rings. The fourth-order valence-corrected chi connectivity index (χ4v) is 3.03. The largest absolute Gasteiger partial charge is 0.388 e. The van der Waals surface area contributed by atoms with Gasteiger partial charge in [-0.2, -0.15) is 11.8 Å². The van der Waals surface area contributed by atoms with E-state index < -0.39 is 5.60 Å². The van der Waals surface area contributed by atoms with E-state index in [4.69, 9.17) is 0 Å². The molecular weight excluding hydrogens is 250 g/mol. The zero-order valence-corrected chi connectivity index (χ0v) is 12.1. The Hall–Kier alpha value is -0.160. The van der Waals surface area contributed by atoms with Gasteiger partial charge in [-0.3, -0.25) is 0 Å². The monoisotopic (exact) mass is 271 g/mol. The van der Waals surface area contributed by atoms with E-state index in [0.717, 1.165) is 18.1 Å². The smallest absolute Gasteiger partial charge is 0.0833 e. The highest BCUT2D eigenvalue weighted by atomic mass is 32.2. The third-order valence-corrected chi connectivity index (χ3v) is 4.18. The van der Waals surface area contributed by atoms with Gasteiger partial charge < -0.3 is 10.4 Å². The van der Waals surface area contributed by atoms with Crippen molar-refractivity contribution in [2.24, 2.45) is 0 Å². The summed E-state index contributed by atoms with van der Waals surface area (Å²) in [6.45, 7) is 3.45. The van der Waals surface area contributed by atoms with E-state index in [1.807, 2.05) is 31.0 Å². The molecule has 2 N–H and O–H groups in total. The van der Waals surface area contributed by atoms with E-state index in [0.29, 0.717) is 6.54 Å². The van der Waals surface area contributed by atoms with Crippen LogP contribution in [0.3, 0.4) is 0 Å². The zero-order valence-electron chi connectivity index (χ0n) is 10.5. The summed E-state index contributed by atoms with van der Waals surface area (Å²) >= 11 is 3.51. The van der Waals surface area contributed by atoms with E-state index in [-0.39, 0.29) is 0 Å². The van der Waals surface area contributed by atoms with Crippen molar-refractivity contribution < 1.29 is 5.11 Å². The molecule has 2 nitrogen and oxygen atoms in total. The highest BCUT2D eigenvalue weighted by molar-refractivity contribution is 7.99. The van der Waals surface area contributed by atoms with Crippen LogP contribution in [-0.2, 0) is 0 Å². The molecule has 0 aliphatic heterocycles. The quantitative estimate of drug-likeness (QED) is 0.562. The normalized spacial score (nSPS) is 14.5. The molecular formula is C13H21NOS2. The number of benzene rings is 1. The first-order valence-electron chi connectivity index (χ1n) is 5.74. The number of aliphatic hydroxyl groups is 1. The van der Waals surface area contributed by atoms with Gasteiger partial charge in [0.05, 0.1) is 5.60 Å². The first kappa shape index (κ1) is 14.9. The maximum absolute atomic E-state index is 9.94. The van der Waals surface area contributed by atoms with E-state index >= 15 is 0 Å². The van der Waals surface area contributed by atoms with Crippen LogP contribution in [0.2, 0.25) is 0 Å². The van der Waals surface area contributed by atoms with Crippen LogP contribution >= 0.6 is 23.5 Å². The Bertz CT molecular complexity index is 304. The fourth-order valence-electron chi connectivity index (χ4n) is 1.48. The summed E-state index contributed by atoms with van der Waals surface area (Å²) in [7, 11) is 0. The van der Waals surface area contributed by atoms with Crippen LogP contribution in [0.4, 0.5) is 0 Å². The van der Waals surface area contributed by atoms with Crippen LogP contribution in [-0.4, -0.2) is 41.6 Å². The van der Waals surface area contributed by atoms with Gasteiger partial charge in [0.2, 0.25) is 0 Å². The minimum absolute atomic E-state index is 0.600. The van der Waals surface area contributed by atoms with Crippen LogP contribution in [0.1, 0.15) is 6.92 Å². The molecule has 0 spiro atoms. The van der Waals surface area contributed by atoms with E-state index in [2.05, 4.69) is 29.6 Å². The molecule has 0 saturated carbocycles. The van der Waals surface area contributed by atoms with Gasteiger partial charge in [0, 0.05) is 29.5 Å². The molecule has 0 saturated heterocycles. The molecule has 0 amide bonds. The highest BCUT2D eigenvalue weighted by Gasteiger charge is 2.18. The summed E-state index contributed by atoms with van der Waals surface area (Å²) in [5.74, 6) is 1.80. The minimum Gasteiger partial charge on any atom is -0.388 e. The molecule has 4 heteroatoms. The summed E-state index contributed by atoms with van der Waals surface area (Å²) in [4.78, 5) is 1.30. The zero-order chi connectivity index (χ0) is 12.6. The molecule has 1 aromatic carbocycles. The summed E-state index contributed by atoms with van der Waals surface area (Å²) in [5.41, 5.74) is -0.600. The average molecular weight is 271 g/mol. The molecule has 0 bridgehead atoms. The van der Waals surface area contributed by atoms with Crippen molar-refractivity contribution >= 4 is 23.5 Å². The van der Waals surface area contributed by atoms with Gasteiger partial charge in [0.15, 0.2) is 0 Å². The molecule has 1 aromatic rings. The Kier molecular flexibility index (Phi) is 7.04. The number of rotatable bonds is 8. The van der Waals surface area contributed by atoms with Gasteiger partial charge in [-0.15, -0.1) is 11.8 Å². The lowest BCUT2D eigenvalue weighted by atomic mass is 10.1. The molecule has 0 heterocycles. The first-order valence-corrected chi connectivity index (χ1v) is 8.12. The SMILES string of the molecule is CSCC(C)(O)CNCCSc1ccccc1. The van der Waals surface area contributed by atoms with E-state index in [9.17, 15) is 5.11 Å². The van der Waals surface area contributed by atoms with Crippen LogP contribution in [0.5, 0.6) is 0 Å². The Morgan fingerprint density at radius 2 is 2.00 bits per heavy atom. The van der Waals surface area contributed by atoms with Gasteiger partial charge in [0.25, 0.3) is 0 Å². The molecule has 1 rings (SSSR count). The first-order chi connectivity index (χ1) is 8.14. The molecule has 0 aromatic heterocycles. The number of hydrogen-bond acceptors (Lipinski definition) is 4. The van der Waals surface area contributed by atoms with Gasteiger partial charge >= 0.3 is 0 Å². The molecule has 1 atom stereocenters. The standard InChI is InChI=1S/C13H21NOS2/c1-13(15,11-16-2)10-14-8-9-17-12-6-4-3-5-7-12/h3-7,14-15H,8-11H2,1-2H3. The number of thioether (sulfide) groups is 2. The lowest BCUT2D eigenvalue weighted by molar-refractivity contribution is 0.0857. The average Bonchev–Trinajstić information content (AvgIpc) is 2.30. The minimum atomic E-state index is -0.600. The second kappa shape index (κ2) is 8.03. The van der Waals surface area contributed by atoms with Gasteiger partial charge in [-0.25, -0.2) is 0 Å². The molecule has 17 heavy (non-hydrogen) atoms. The maximum atomic E-state index is 9.94. The van der Waals surface area contributed by atoms with Crippen LogP contribution < -0.4 is 5.32 Å². The molecule has 1 unspecified atom stereocenters. The van der Waals surface area contributed by atoms with Crippen molar-refractivity contribution in [2.75, 3.05) is 30.9 Å². The fraction of sp³-hybridized carbons (Fsp3) is 0.538. The second-order valence-electron chi connectivity index (χ2n) is 4.27. The van der Waals surface area contributed by atoms with Gasteiger partial charge in [-0.1, -0.05) is 18.2 Å². The Morgan fingerprint density at radius 3 is 2.65 bits per heavy atom. The van der Waals surface area contributed by atoms with E-state index in [1.54, 1.807) is 11.8 Å². The van der Waals surface area contributed by atoms with Crippen molar-refractivity contribution in [1.82, 2.24) is 5.32 Å². The van der Waals surface area contributed by atoms with Crippen molar-refractivity contribution in [3.63, 3.8) is 0 Å². The Labute approximate surface area is 113 Å². The van der Waals surface area contributed by atoms with Crippen molar-refractivity contribution in [3.8, 4) is 0 Å². The Morgan fingerprint density at radius 1 is 1.29 bits per heavy atom. The lowest BCUT2D eigenvalue weighted by Crippen LogP contribution is -2.40. The van der Waals surface area contributed by atoms with Crippen LogP contribution in [0.15, 0.2) is 35.2 Å². The summed E-state index contributed by atoms with van der Waals surface area (Å²) in [6.07, 6.45) is 2.01. The van der Waals surface area contributed by atoms with Gasteiger partial charge in [-0.05, 0) is 25.3 Å². The summed E-state index contributed by atoms with van der Waals surface area (Å²) in [5, 5.41) is 13.2. The topological polar surface area (TPSA) is 32.3 Å². The summed E-state index contributed by atoms with van der Waals surface area (Å²) < 4.78 is 0. The molecule has 0 fully saturated rings. The maximum Gasteiger partial charge on any atom is 0.0833 e. The predicted octanol–water partition coefficient (Wildman–Crippen LogP) is 2.48. The van der Waals surface area contributed by atoms with Crippen molar-refractivity contribution in [3.05, 3.63) is 30.3 Å². The van der Waals surface area contributed by atoms with Crippen molar-refractivity contribution in [1.29, 1.82) is 0 Å². The highest BCUT2D eigenvalue weighted by Crippen LogP contribution is 2.16. The van der Waals surface area contributed by atoms with Gasteiger partial charge in [0.1, 0.15) is 0 Å².